The van der Waals surface area contributed by atoms with Gasteiger partial charge in [-0.3, -0.25) is 14.9 Å². The number of hydrogen-bond donors (Lipinski definition) is 2. The van der Waals surface area contributed by atoms with Crippen LogP contribution in [0.5, 0.6) is 5.75 Å². The van der Waals surface area contributed by atoms with Crippen LogP contribution in [0, 0.1) is 17.0 Å². The number of nitro benzene ring substituents is 1. The van der Waals surface area contributed by atoms with Crippen molar-refractivity contribution in [2.75, 3.05) is 0 Å². The zero-order chi connectivity index (χ0) is 15.4. The first-order valence-corrected chi connectivity index (χ1v) is 6.28. The number of phenols is 1. The minimum absolute atomic E-state index is 0.0278. The third-order valence-corrected chi connectivity index (χ3v) is 2.97. The number of nitrogens with one attached hydrogen (secondary N) is 1. The maximum Gasteiger partial charge on any atom is 0.269 e. The van der Waals surface area contributed by atoms with E-state index in [0.29, 0.717) is 5.56 Å². The molecule has 108 valence electrons. The molecule has 21 heavy (non-hydrogen) atoms. The fraction of sp³-hybridized carbons (Fsp3) is 0.133. The molecule has 2 aromatic rings. The number of carbonyl (C=O) groups excluding carboxylic acids is 1. The van der Waals surface area contributed by atoms with Crippen LogP contribution in [-0.4, -0.2) is 15.9 Å². The van der Waals surface area contributed by atoms with Gasteiger partial charge in [-0.05, 0) is 30.2 Å². The molecule has 0 aliphatic carbocycles. The number of nitrogens with zero attached hydrogens (tertiary/aromatic N) is 1. The van der Waals surface area contributed by atoms with E-state index in [1.165, 1.54) is 24.3 Å². The number of non-ortho nitro benzene ring substituents is 1. The van der Waals surface area contributed by atoms with Gasteiger partial charge in [-0.15, -0.1) is 0 Å². The molecule has 2 rings (SSSR count). The lowest BCUT2D eigenvalue weighted by Gasteiger charge is -2.07. The molecule has 0 radical (unpaired) electrons. The van der Waals surface area contributed by atoms with Gasteiger partial charge in [-0.1, -0.05) is 18.2 Å². The predicted octanol–water partition coefficient (Wildman–Crippen LogP) is 2.54. The minimum atomic E-state index is -0.489. The number of phenolic OH excluding ortho intramolecular Hbond substituents is 1. The van der Waals surface area contributed by atoms with Crippen molar-refractivity contribution in [3.8, 4) is 5.75 Å². The first kappa shape index (κ1) is 14.5. The van der Waals surface area contributed by atoms with Gasteiger partial charge < -0.3 is 10.4 Å². The molecule has 0 unspecified atom stereocenters. The van der Waals surface area contributed by atoms with E-state index < -0.39 is 10.8 Å². The Hall–Kier alpha value is -2.89. The molecule has 0 fully saturated rings. The van der Waals surface area contributed by atoms with E-state index >= 15 is 0 Å². The molecule has 6 nitrogen and oxygen atoms in total. The molecule has 0 aromatic heterocycles. The van der Waals surface area contributed by atoms with Crippen molar-refractivity contribution in [3.05, 3.63) is 69.3 Å². The van der Waals surface area contributed by atoms with Crippen molar-refractivity contribution in [2.24, 2.45) is 0 Å². The van der Waals surface area contributed by atoms with Crippen LogP contribution in [0.2, 0.25) is 0 Å². The minimum Gasteiger partial charge on any atom is -0.507 e. The highest BCUT2D eigenvalue weighted by atomic mass is 16.6. The fourth-order valence-corrected chi connectivity index (χ4v) is 1.89. The number of benzene rings is 2. The number of carbonyl (C=O) groups is 1. The fourth-order valence-electron chi connectivity index (χ4n) is 1.89. The van der Waals surface area contributed by atoms with Crippen LogP contribution in [0.15, 0.2) is 42.5 Å². The smallest absolute Gasteiger partial charge is 0.269 e. The number of hydrogen-bond acceptors (Lipinski definition) is 4. The van der Waals surface area contributed by atoms with Gasteiger partial charge in [0.2, 0.25) is 0 Å². The standard InChI is InChI=1S/C15H14N2O4/c1-10-5-6-13(14(18)7-10)15(19)16-9-11-3-2-4-12(8-11)17(20)21/h2-8,18H,9H2,1H3,(H,16,19). The molecule has 2 aromatic carbocycles. The van der Waals surface area contributed by atoms with Crippen LogP contribution in [0.1, 0.15) is 21.5 Å². The quantitative estimate of drug-likeness (QED) is 0.667. The van der Waals surface area contributed by atoms with E-state index in [1.54, 1.807) is 18.2 Å². The van der Waals surface area contributed by atoms with Crippen LogP contribution in [0.4, 0.5) is 5.69 Å². The molecule has 0 bridgehead atoms. The monoisotopic (exact) mass is 286 g/mol. The maximum absolute atomic E-state index is 12.0. The van der Waals surface area contributed by atoms with Crippen LogP contribution in [0.3, 0.4) is 0 Å². The number of rotatable bonds is 4. The number of nitro groups is 1. The van der Waals surface area contributed by atoms with E-state index in [0.717, 1.165) is 5.56 Å². The molecular formula is C15H14N2O4. The summed E-state index contributed by atoms with van der Waals surface area (Å²) in [5.41, 5.74) is 1.61. The lowest BCUT2D eigenvalue weighted by atomic mass is 10.1. The molecule has 0 aliphatic rings. The van der Waals surface area contributed by atoms with E-state index in [9.17, 15) is 20.0 Å². The van der Waals surface area contributed by atoms with E-state index in [4.69, 9.17) is 0 Å². The predicted molar refractivity (Wildman–Crippen MR) is 77.1 cm³/mol. The van der Waals surface area contributed by atoms with Crippen molar-refractivity contribution < 1.29 is 14.8 Å². The number of aromatic hydroxyl groups is 1. The lowest BCUT2D eigenvalue weighted by Crippen LogP contribution is -2.22. The summed E-state index contributed by atoms with van der Waals surface area (Å²) < 4.78 is 0. The van der Waals surface area contributed by atoms with Crippen LogP contribution in [-0.2, 0) is 6.54 Å². The summed E-state index contributed by atoms with van der Waals surface area (Å²) in [6.07, 6.45) is 0. The van der Waals surface area contributed by atoms with Crippen molar-refractivity contribution in [3.63, 3.8) is 0 Å². The van der Waals surface area contributed by atoms with Crippen LogP contribution in [0.25, 0.3) is 0 Å². The zero-order valence-electron chi connectivity index (χ0n) is 11.4. The van der Waals surface area contributed by atoms with Crippen molar-refractivity contribution in [2.45, 2.75) is 13.5 Å². The first-order valence-electron chi connectivity index (χ1n) is 6.28. The maximum atomic E-state index is 12.0. The summed E-state index contributed by atoms with van der Waals surface area (Å²) in [6.45, 7) is 1.96. The number of aryl methyl sites for hydroxylation is 1. The Morgan fingerprint density at radius 1 is 1.29 bits per heavy atom. The summed E-state index contributed by atoms with van der Waals surface area (Å²) in [5, 5.41) is 23.0. The SMILES string of the molecule is Cc1ccc(C(=O)NCc2cccc([N+](=O)[O-])c2)c(O)c1. The molecule has 0 atom stereocenters. The highest BCUT2D eigenvalue weighted by Crippen LogP contribution is 2.18. The topological polar surface area (TPSA) is 92.5 Å². The van der Waals surface area contributed by atoms with Gasteiger partial charge in [0.1, 0.15) is 5.75 Å². The van der Waals surface area contributed by atoms with Crippen molar-refractivity contribution in [1.29, 1.82) is 0 Å². The Morgan fingerprint density at radius 2 is 2.05 bits per heavy atom. The number of amides is 1. The largest absolute Gasteiger partial charge is 0.507 e. The summed E-state index contributed by atoms with van der Waals surface area (Å²) in [6, 6.07) is 10.8. The van der Waals surface area contributed by atoms with E-state index in [-0.39, 0.29) is 23.5 Å². The van der Waals surface area contributed by atoms with Crippen molar-refractivity contribution >= 4 is 11.6 Å². The normalized spacial score (nSPS) is 10.1. The molecule has 0 spiro atoms. The molecule has 2 N–H and O–H groups in total. The van der Waals surface area contributed by atoms with Gasteiger partial charge in [0.15, 0.2) is 0 Å². The zero-order valence-corrected chi connectivity index (χ0v) is 11.4. The first-order chi connectivity index (χ1) is 9.97. The Morgan fingerprint density at radius 3 is 2.71 bits per heavy atom. The Labute approximate surface area is 121 Å². The summed E-state index contributed by atoms with van der Waals surface area (Å²) in [7, 11) is 0. The lowest BCUT2D eigenvalue weighted by molar-refractivity contribution is -0.384. The van der Waals surface area contributed by atoms with Gasteiger partial charge in [0, 0.05) is 18.7 Å². The second-order valence-electron chi connectivity index (χ2n) is 4.63. The summed E-state index contributed by atoms with van der Waals surface area (Å²) in [4.78, 5) is 22.1. The molecule has 0 heterocycles. The van der Waals surface area contributed by atoms with Crippen LogP contribution < -0.4 is 5.32 Å². The second kappa shape index (κ2) is 6.04. The van der Waals surface area contributed by atoms with E-state index in [1.807, 2.05) is 6.92 Å². The average molecular weight is 286 g/mol. The van der Waals surface area contributed by atoms with E-state index in [2.05, 4.69) is 5.32 Å². The van der Waals surface area contributed by atoms with Gasteiger partial charge >= 0.3 is 0 Å². The van der Waals surface area contributed by atoms with Gasteiger partial charge in [-0.25, -0.2) is 0 Å². The molecule has 1 amide bonds. The molecule has 0 saturated heterocycles. The molecule has 0 saturated carbocycles. The third-order valence-electron chi connectivity index (χ3n) is 2.97. The Bertz CT molecular complexity index is 698. The Balaban J connectivity index is 2.07. The van der Waals surface area contributed by atoms with Crippen molar-refractivity contribution in [1.82, 2.24) is 5.32 Å². The third kappa shape index (κ3) is 3.56. The van der Waals surface area contributed by atoms with Crippen LogP contribution >= 0.6 is 0 Å². The van der Waals surface area contributed by atoms with Gasteiger partial charge in [0.05, 0.1) is 10.5 Å². The second-order valence-corrected chi connectivity index (χ2v) is 4.63. The summed E-state index contributed by atoms with van der Waals surface area (Å²) >= 11 is 0. The summed E-state index contributed by atoms with van der Waals surface area (Å²) in [5.74, 6) is -0.523. The van der Waals surface area contributed by atoms with Gasteiger partial charge in [-0.2, -0.15) is 0 Å². The molecular weight excluding hydrogens is 272 g/mol. The molecule has 0 aliphatic heterocycles. The average Bonchev–Trinajstić information content (AvgIpc) is 2.45. The Kier molecular flexibility index (Phi) is 4.18. The highest BCUT2D eigenvalue weighted by Gasteiger charge is 2.11. The molecule has 6 heteroatoms. The van der Waals surface area contributed by atoms with Gasteiger partial charge in [0.25, 0.3) is 11.6 Å². The highest BCUT2D eigenvalue weighted by molar-refractivity contribution is 5.96.